The second-order valence-corrected chi connectivity index (χ2v) is 4.45. The molecule has 0 amide bonds. The van der Waals surface area contributed by atoms with Crippen molar-refractivity contribution in [3.8, 4) is 0 Å². The van der Waals surface area contributed by atoms with Crippen molar-refractivity contribution in [3.05, 3.63) is 30.0 Å². The first-order valence-electron chi connectivity index (χ1n) is 5.64. The highest BCUT2D eigenvalue weighted by molar-refractivity contribution is 5.92. The summed E-state index contributed by atoms with van der Waals surface area (Å²) < 4.78 is 0. The van der Waals surface area contributed by atoms with Gasteiger partial charge in [0.2, 0.25) is 0 Å². The smallest absolute Gasteiger partial charge is 0.156 e. The lowest BCUT2D eigenvalue weighted by atomic mass is 10.1. The van der Waals surface area contributed by atoms with Gasteiger partial charge in [-0.15, -0.1) is 5.10 Å². The molecule has 0 aliphatic heterocycles. The van der Waals surface area contributed by atoms with Crippen molar-refractivity contribution >= 4 is 16.6 Å². The highest BCUT2D eigenvalue weighted by atomic mass is 15.2. The molecule has 0 spiro atoms. The van der Waals surface area contributed by atoms with Crippen LogP contribution in [0, 0.1) is 12.8 Å². The minimum atomic E-state index is 0.599. The summed E-state index contributed by atoms with van der Waals surface area (Å²) in [5, 5.41) is 14.0. The van der Waals surface area contributed by atoms with Gasteiger partial charge in [-0.3, -0.25) is 0 Å². The van der Waals surface area contributed by atoms with Crippen LogP contribution < -0.4 is 5.32 Å². The number of benzene rings is 1. The minimum absolute atomic E-state index is 0.599. The Hall–Kier alpha value is -1.64. The van der Waals surface area contributed by atoms with Gasteiger partial charge in [-0.1, -0.05) is 38.1 Å². The van der Waals surface area contributed by atoms with Crippen molar-refractivity contribution < 1.29 is 0 Å². The molecule has 84 valence electrons. The number of nitrogens with zero attached hydrogens (tertiary/aromatic N) is 2. The quantitative estimate of drug-likeness (QED) is 0.855. The molecule has 0 atom stereocenters. The molecule has 0 saturated heterocycles. The zero-order valence-electron chi connectivity index (χ0n) is 9.99. The van der Waals surface area contributed by atoms with Crippen molar-refractivity contribution in [1.29, 1.82) is 0 Å². The molecule has 3 nitrogen and oxygen atoms in total. The molecule has 2 aromatic rings. The zero-order valence-corrected chi connectivity index (χ0v) is 9.99. The zero-order chi connectivity index (χ0) is 11.5. The summed E-state index contributed by atoms with van der Waals surface area (Å²) in [5.74, 6) is 1.48. The van der Waals surface area contributed by atoms with E-state index in [1.54, 1.807) is 0 Å². The van der Waals surface area contributed by atoms with Gasteiger partial charge < -0.3 is 5.32 Å². The summed E-state index contributed by atoms with van der Waals surface area (Å²) in [4.78, 5) is 0. The Bertz CT molecular complexity index is 492. The van der Waals surface area contributed by atoms with Crippen LogP contribution in [0.4, 0.5) is 5.82 Å². The highest BCUT2D eigenvalue weighted by Gasteiger charge is 2.05. The number of hydrogen-bond donors (Lipinski definition) is 1. The second kappa shape index (κ2) is 4.47. The number of anilines is 1. The summed E-state index contributed by atoms with van der Waals surface area (Å²) in [7, 11) is 0. The Morgan fingerprint density at radius 1 is 1.12 bits per heavy atom. The molecule has 0 radical (unpaired) electrons. The van der Waals surface area contributed by atoms with E-state index in [2.05, 4.69) is 41.5 Å². The molecule has 2 rings (SSSR count). The SMILES string of the molecule is Cc1nnc(NCC(C)C)c2ccccc12. The largest absolute Gasteiger partial charge is 0.368 e. The van der Waals surface area contributed by atoms with Gasteiger partial charge in [0.1, 0.15) is 0 Å². The Morgan fingerprint density at radius 2 is 1.81 bits per heavy atom. The van der Waals surface area contributed by atoms with E-state index < -0.39 is 0 Å². The molecule has 16 heavy (non-hydrogen) atoms. The lowest BCUT2D eigenvalue weighted by Gasteiger charge is -2.10. The van der Waals surface area contributed by atoms with Crippen LogP contribution in [0.1, 0.15) is 19.5 Å². The standard InChI is InChI=1S/C13H17N3/c1-9(2)8-14-13-12-7-5-4-6-11(12)10(3)15-16-13/h4-7,9H,8H2,1-3H3,(H,14,16). The van der Waals surface area contributed by atoms with E-state index in [-0.39, 0.29) is 0 Å². The summed E-state index contributed by atoms with van der Waals surface area (Å²) in [6.07, 6.45) is 0. The molecule has 1 aromatic carbocycles. The van der Waals surface area contributed by atoms with Crippen molar-refractivity contribution in [2.45, 2.75) is 20.8 Å². The van der Waals surface area contributed by atoms with Crippen LogP contribution in [0.15, 0.2) is 24.3 Å². The van der Waals surface area contributed by atoms with Crippen LogP contribution in [-0.4, -0.2) is 16.7 Å². The van der Waals surface area contributed by atoms with Gasteiger partial charge >= 0.3 is 0 Å². The van der Waals surface area contributed by atoms with Gasteiger partial charge in [-0.05, 0) is 12.8 Å². The molecule has 0 unspecified atom stereocenters. The van der Waals surface area contributed by atoms with Gasteiger partial charge in [0.05, 0.1) is 5.69 Å². The van der Waals surface area contributed by atoms with E-state index in [0.29, 0.717) is 5.92 Å². The lowest BCUT2D eigenvalue weighted by molar-refractivity contribution is 0.686. The Morgan fingerprint density at radius 3 is 2.50 bits per heavy atom. The minimum Gasteiger partial charge on any atom is -0.368 e. The third kappa shape index (κ3) is 2.13. The van der Waals surface area contributed by atoms with Gasteiger partial charge in [-0.2, -0.15) is 5.10 Å². The van der Waals surface area contributed by atoms with E-state index >= 15 is 0 Å². The first kappa shape index (κ1) is 10.9. The molecule has 0 bridgehead atoms. The first-order valence-corrected chi connectivity index (χ1v) is 5.64. The molecule has 0 saturated carbocycles. The molecule has 1 N–H and O–H groups in total. The van der Waals surface area contributed by atoms with Gasteiger partial charge in [0, 0.05) is 17.3 Å². The van der Waals surface area contributed by atoms with Crippen molar-refractivity contribution in [1.82, 2.24) is 10.2 Å². The van der Waals surface area contributed by atoms with Crippen LogP contribution >= 0.6 is 0 Å². The predicted molar refractivity (Wildman–Crippen MR) is 67.6 cm³/mol. The van der Waals surface area contributed by atoms with Crippen LogP contribution in [-0.2, 0) is 0 Å². The summed E-state index contributed by atoms with van der Waals surface area (Å²) in [6.45, 7) is 7.26. The third-order valence-electron chi connectivity index (χ3n) is 2.55. The normalized spacial score (nSPS) is 11.0. The average Bonchev–Trinajstić information content (AvgIpc) is 2.28. The van der Waals surface area contributed by atoms with Gasteiger partial charge in [-0.25, -0.2) is 0 Å². The fourth-order valence-electron chi connectivity index (χ4n) is 1.67. The molecule has 0 aliphatic carbocycles. The van der Waals surface area contributed by atoms with Crippen LogP contribution in [0.25, 0.3) is 10.8 Å². The monoisotopic (exact) mass is 215 g/mol. The van der Waals surface area contributed by atoms with Crippen LogP contribution in [0.3, 0.4) is 0 Å². The number of aromatic nitrogens is 2. The molecule has 3 heteroatoms. The second-order valence-electron chi connectivity index (χ2n) is 4.45. The highest BCUT2D eigenvalue weighted by Crippen LogP contribution is 2.22. The maximum Gasteiger partial charge on any atom is 0.156 e. The van der Waals surface area contributed by atoms with Gasteiger partial charge in [0.25, 0.3) is 0 Å². The van der Waals surface area contributed by atoms with Crippen molar-refractivity contribution in [3.63, 3.8) is 0 Å². The van der Waals surface area contributed by atoms with E-state index in [9.17, 15) is 0 Å². The predicted octanol–water partition coefficient (Wildman–Crippen LogP) is 3.01. The first-order chi connectivity index (χ1) is 7.68. The van der Waals surface area contributed by atoms with E-state index in [1.165, 1.54) is 5.39 Å². The maximum atomic E-state index is 4.22. The number of rotatable bonds is 3. The van der Waals surface area contributed by atoms with E-state index in [0.717, 1.165) is 23.4 Å². The molecule has 1 heterocycles. The van der Waals surface area contributed by atoms with Crippen molar-refractivity contribution in [2.75, 3.05) is 11.9 Å². The Labute approximate surface area is 95.9 Å². The van der Waals surface area contributed by atoms with E-state index in [1.807, 2.05) is 19.1 Å². The summed E-state index contributed by atoms with van der Waals surface area (Å²) in [5.41, 5.74) is 0.977. The van der Waals surface area contributed by atoms with Gasteiger partial charge in [0.15, 0.2) is 5.82 Å². The lowest BCUT2D eigenvalue weighted by Crippen LogP contribution is -2.10. The molecule has 0 aliphatic rings. The maximum absolute atomic E-state index is 4.22. The topological polar surface area (TPSA) is 37.8 Å². The number of nitrogens with one attached hydrogen (secondary N) is 1. The van der Waals surface area contributed by atoms with Crippen LogP contribution in [0.5, 0.6) is 0 Å². The fraction of sp³-hybridized carbons (Fsp3) is 0.385. The number of fused-ring (bicyclic) bond motifs is 1. The third-order valence-corrected chi connectivity index (χ3v) is 2.55. The summed E-state index contributed by atoms with van der Waals surface area (Å²) in [6, 6.07) is 8.23. The molecular weight excluding hydrogens is 198 g/mol. The number of aryl methyl sites for hydroxylation is 1. The molecule has 1 aromatic heterocycles. The molecular formula is C13H17N3. The summed E-state index contributed by atoms with van der Waals surface area (Å²) >= 11 is 0. The van der Waals surface area contributed by atoms with Crippen molar-refractivity contribution in [2.24, 2.45) is 5.92 Å². The average molecular weight is 215 g/mol. The molecule has 0 fully saturated rings. The van der Waals surface area contributed by atoms with E-state index in [4.69, 9.17) is 0 Å². The fourth-order valence-corrected chi connectivity index (χ4v) is 1.67. The Balaban J connectivity index is 2.42. The number of hydrogen-bond acceptors (Lipinski definition) is 3. The van der Waals surface area contributed by atoms with Crippen LogP contribution in [0.2, 0.25) is 0 Å². The Kier molecular flexibility index (Phi) is 3.04.